The number of hydrogen-bond acceptors (Lipinski definition) is 12. The second-order valence-corrected chi connectivity index (χ2v) is 13.2. The van der Waals surface area contributed by atoms with E-state index in [1.165, 1.54) is 7.05 Å². The second kappa shape index (κ2) is 36.8. The monoisotopic (exact) mass is 869 g/mol. The van der Waals surface area contributed by atoms with Crippen molar-refractivity contribution in [2.24, 2.45) is 5.92 Å². The fraction of sp³-hybridized carbons (Fsp3) is 0.614. The molecule has 0 fully saturated rings. The van der Waals surface area contributed by atoms with Gasteiger partial charge in [-0.25, -0.2) is 29.0 Å². The number of benzene rings is 2. The molecule has 0 saturated heterocycles. The van der Waals surface area contributed by atoms with E-state index in [1.807, 2.05) is 19.1 Å². The van der Waals surface area contributed by atoms with E-state index >= 15 is 0 Å². The van der Waals surface area contributed by atoms with E-state index in [1.54, 1.807) is 50.2 Å². The Kier molecular flexibility index (Phi) is 36.4. The topological polar surface area (TPSA) is 229 Å². The van der Waals surface area contributed by atoms with Gasteiger partial charge in [-0.2, -0.15) is 0 Å². The number of unbranched alkanes of at least 4 members (excludes halogenated alkanes) is 4. The van der Waals surface area contributed by atoms with Crippen LogP contribution in [0.25, 0.3) is 0 Å². The minimum absolute atomic E-state index is 0. The number of carboxylic acids is 1. The van der Waals surface area contributed by atoms with Crippen LogP contribution in [0.1, 0.15) is 107 Å². The second-order valence-electron chi connectivity index (χ2n) is 13.2. The Morgan fingerprint density at radius 1 is 0.656 bits per heavy atom. The summed E-state index contributed by atoms with van der Waals surface area (Å²) in [6.45, 7) is 10.9. The van der Waals surface area contributed by atoms with Crippen molar-refractivity contribution in [1.82, 2.24) is 21.3 Å². The van der Waals surface area contributed by atoms with Crippen LogP contribution in [0.3, 0.4) is 0 Å². The van der Waals surface area contributed by atoms with Crippen molar-refractivity contribution in [2.45, 2.75) is 127 Å². The number of carboxylic acid groups (broad SMARTS) is 1. The van der Waals surface area contributed by atoms with Crippen molar-refractivity contribution in [1.29, 1.82) is 0 Å². The number of hydrogen-bond donors (Lipinski definition) is 6. The molecule has 0 bridgehead atoms. The van der Waals surface area contributed by atoms with Crippen LogP contribution in [0.4, 0.5) is 4.79 Å². The molecule has 0 aliphatic carbocycles. The highest BCUT2D eigenvalue weighted by molar-refractivity contribution is 5.87. The first-order valence-corrected chi connectivity index (χ1v) is 19.9. The lowest BCUT2D eigenvalue weighted by Crippen LogP contribution is -2.50. The Morgan fingerprint density at radius 2 is 1.16 bits per heavy atom. The van der Waals surface area contributed by atoms with Crippen LogP contribution in [-0.2, 0) is 51.4 Å². The smallest absolute Gasteiger partial charge is 0.349 e. The molecular weight excluding hydrogens is 792 g/mol. The molecule has 4 unspecified atom stereocenters. The molecule has 2 rings (SSSR count). The number of carbonyl (C=O) groups excluding carboxylic acids is 4. The summed E-state index contributed by atoms with van der Waals surface area (Å²) in [5, 5.41) is 28.3. The third kappa shape index (κ3) is 26.8. The first-order chi connectivity index (χ1) is 27.9. The lowest BCUT2D eigenvalue weighted by atomic mass is 10.0. The fourth-order valence-corrected chi connectivity index (χ4v) is 5.13. The van der Waals surface area contributed by atoms with E-state index in [4.69, 9.17) is 34.3 Å². The van der Waals surface area contributed by atoms with Gasteiger partial charge in [-0.3, -0.25) is 14.8 Å². The van der Waals surface area contributed by atoms with E-state index < -0.39 is 42.8 Å². The molecule has 61 heavy (non-hydrogen) atoms. The molecule has 350 valence electrons. The summed E-state index contributed by atoms with van der Waals surface area (Å²) >= 11 is 0. The van der Waals surface area contributed by atoms with Gasteiger partial charge in [0, 0.05) is 32.5 Å². The summed E-state index contributed by atoms with van der Waals surface area (Å²) in [5.74, 6) is -1.34. The molecule has 2 aromatic carbocycles. The maximum absolute atomic E-state index is 12.4. The standard InChI is InChI=1S/C22H35NO6.C19H29N3O7.3CH4/c1-5-8-9-14-23-21(24)17(4)15-18-10-12-19(13-11-18)29-20(16-28-27-7-3)22(25)26-6-2;1-3-4-5-10-21-17(23)15(22-19(26)20-2)11-13-6-8-14(9-7-13)29-16(12-28-27)18(24)25;;;/h10-13,17,20H,5-9,14-16H2,1-4H3,(H,23,24);6-9,15-16,27H,3-5,10-12H2,1-2H3,(H,21,23)(H,24,25)(H2,20,22,26);3*1H4. The van der Waals surface area contributed by atoms with Crippen LogP contribution in [-0.4, -0.2) is 105 Å². The predicted molar refractivity (Wildman–Crippen MR) is 235 cm³/mol. The molecule has 2 aromatic rings. The van der Waals surface area contributed by atoms with Gasteiger partial charge in [-0.05, 0) is 68.5 Å². The number of carbonyl (C=O) groups is 5. The summed E-state index contributed by atoms with van der Waals surface area (Å²) in [5.41, 5.74) is 1.76. The molecule has 17 nitrogen and oxygen atoms in total. The Balaban J connectivity index is -0.00000105. The molecule has 0 spiro atoms. The van der Waals surface area contributed by atoms with Crippen molar-refractivity contribution >= 4 is 29.8 Å². The number of nitrogens with one attached hydrogen (secondary N) is 4. The summed E-state index contributed by atoms with van der Waals surface area (Å²) < 4.78 is 16.0. The summed E-state index contributed by atoms with van der Waals surface area (Å²) in [7, 11) is 1.46. The Hall–Kier alpha value is -4.97. The number of rotatable bonds is 28. The largest absolute Gasteiger partial charge is 0.478 e. The summed E-state index contributed by atoms with van der Waals surface area (Å²) in [6.07, 6.45) is 4.78. The van der Waals surface area contributed by atoms with E-state index in [2.05, 4.69) is 40.0 Å². The third-order valence-electron chi connectivity index (χ3n) is 8.31. The molecule has 0 aliphatic rings. The van der Waals surface area contributed by atoms with Crippen LogP contribution in [0.15, 0.2) is 48.5 Å². The van der Waals surface area contributed by atoms with Gasteiger partial charge >= 0.3 is 18.0 Å². The minimum Gasteiger partial charge on any atom is -0.478 e. The summed E-state index contributed by atoms with van der Waals surface area (Å²) in [6, 6.07) is 12.5. The average Bonchev–Trinajstić information content (AvgIpc) is 3.21. The molecule has 4 amide bonds. The van der Waals surface area contributed by atoms with E-state index in [-0.39, 0.29) is 65.4 Å². The van der Waals surface area contributed by atoms with E-state index in [0.29, 0.717) is 25.3 Å². The number of aliphatic carboxylic acids is 1. The molecule has 6 N–H and O–H groups in total. The average molecular weight is 869 g/mol. The van der Waals surface area contributed by atoms with Crippen molar-refractivity contribution in [3.63, 3.8) is 0 Å². The van der Waals surface area contributed by atoms with Gasteiger partial charge in [0.05, 0.1) is 13.2 Å². The molecule has 0 aromatic heterocycles. The van der Waals surface area contributed by atoms with E-state index in [0.717, 1.165) is 56.2 Å². The van der Waals surface area contributed by atoms with Crippen molar-refractivity contribution in [3.05, 3.63) is 59.7 Å². The summed E-state index contributed by atoms with van der Waals surface area (Å²) in [4.78, 5) is 73.0. The van der Waals surface area contributed by atoms with Gasteiger partial charge < -0.3 is 40.6 Å². The molecule has 0 heterocycles. The number of amides is 4. The molecule has 17 heteroatoms. The quantitative estimate of drug-likeness (QED) is 0.0232. The number of ether oxygens (including phenoxy) is 3. The molecule has 0 saturated carbocycles. The van der Waals surface area contributed by atoms with Crippen LogP contribution >= 0.6 is 0 Å². The van der Waals surface area contributed by atoms with Crippen LogP contribution in [0.2, 0.25) is 0 Å². The maximum Gasteiger partial charge on any atom is 0.349 e. The first kappa shape index (κ1) is 60.3. The highest BCUT2D eigenvalue weighted by Crippen LogP contribution is 2.18. The van der Waals surface area contributed by atoms with Crippen molar-refractivity contribution in [2.75, 3.05) is 46.6 Å². The zero-order valence-electron chi connectivity index (χ0n) is 34.7. The van der Waals surface area contributed by atoms with Gasteiger partial charge in [0.2, 0.25) is 24.0 Å². The van der Waals surface area contributed by atoms with Gasteiger partial charge in [-0.1, -0.05) is 93.0 Å². The highest BCUT2D eigenvalue weighted by atomic mass is 17.2. The minimum atomic E-state index is -1.36. The molecule has 0 radical (unpaired) electrons. The SMILES string of the molecule is C.C.C.CCCCCNC(=O)C(C)Cc1ccc(OC(COOCC)C(=O)OCC)cc1.CCCCCNC(=O)C(Cc1ccc(OC(COO)C(=O)O)cc1)NC(=O)NC. The van der Waals surface area contributed by atoms with Crippen LogP contribution in [0.5, 0.6) is 11.5 Å². The predicted octanol–water partition coefficient (Wildman–Crippen LogP) is 6.51. The molecular formula is C44H76N4O13. The fourth-order valence-electron chi connectivity index (χ4n) is 5.13. The van der Waals surface area contributed by atoms with E-state index in [9.17, 15) is 24.0 Å². The van der Waals surface area contributed by atoms with Gasteiger partial charge in [0.25, 0.3) is 0 Å². The first-order valence-electron chi connectivity index (χ1n) is 19.9. The Morgan fingerprint density at radius 3 is 1.62 bits per heavy atom. The van der Waals surface area contributed by atoms with Crippen molar-refractivity contribution in [3.8, 4) is 11.5 Å². The number of urea groups is 1. The zero-order chi connectivity index (χ0) is 43.1. The zero-order valence-corrected chi connectivity index (χ0v) is 34.7. The van der Waals surface area contributed by atoms with Gasteiger partial charge in [-0.15, -0.1) is 0 Å². The highest BCUT2D eigenvalue weighted by Gasteiger charge is 2.24. The van der Waals surface area contributed by atoms with Crippen LogP contribution < -0.4 is 30.7 Å². The van der Waals surface area contributed by atoms with Crippen LogP contribution in [0, 0.1) is 5.92 Å². The lowest BCUT2D eigenvalue weighted by molar-refractivity contribution is -0.299. The van der Waals surface area contributed by atoms with Gasteiger partial charge in [0.15, 0.2) is 0 Å². The molecule has 0 aliphatic heterocycles. The Bertz CT molecular complexity index is 1460. The van der Waals surface area contributed by atoms with Gasteiger partial charge in [0.1, 0.15) is 30.8 Å². The number of esters is 1. The normalized spacial score (nSPS) is 12.0. The Labute approximate surface area is 363 Å². The third-order valence-corrected chi connectivity index (χ3v) is 8.31. The molecule has 4 atom stereocenters. The van der Waals surface area contributed by atoms with Crippen molar-refractivity contribution < 1.29 is 63.2 Å². The maximum atomic E-state index is 12.4. The lowest BCUT2D eigenvalue weighted by Gasteiger charge is -2.19.